The molecule has 0 saturated carbocycles. The quantitative estimate of drug-likeness (QED) is 0.441. The van der Waals surface area contributed by atoms with Crippen LogP contribution in [0.4, 0.5) is 5.82 Å². The van der Waals surface area contributed by atoms with Gasteiger partial charge in [0.15, 0.2) is 12.4 Å². The predicted octanol–water partition coefficient (Wildman–Crippen LogP) is 5.61. The summed E-state index contributed by atoms with van der Waals surface area (Å²) in [5.74, 6) is 1.89. The largest absolute Gasteiger partial charge is 0.483 e. The first-order valence-corrected chi connectivity index (χ1v) is 12.1. The molecule has 8 heteroatoms. The van der Waals surface area contributed by atoms with Crippen LogP contribution in [0.1, 0.15) is 30.9 Å². The number of hydrogen-bond acceptors (Lipinski definition) is 5. The highest BCUT2D eigenvalue weighted by Gasteiger charge is 2.23. The van der Waals surface area contributed by atoms with Crippen molar-refractivity contribution in [2.75, 3.05) is 37.7 Å². The van der Waals surface area contributed by atoms with E-state index in [1.54, 1.807) is 12.1 Å². The van der Waals surface area contributed by atoms with Crippen LogP contribution in [0, 0.1) is 6.92 Å². The van der Waals surface area contributed by atoms with Crippen LogP contribution in [0.3, 0.4) is 0 Å². The lowest BCUT2D eigenvalue weighted by Gasteiger charge is -2.35. The zero-order valence-electron chi connectivity index (χ0n) is 19.6. The topological polar surface area (TPSA) is 58.6 Å². The number of hydrogen-bond donors (Lipinski definition) is 0. The number of carbonyl (C=O) groups excluding carboxylic acids is 1. The Morgan fingerprint density at radius 3 is 2.41 bits per heavy atom. The maximum atomic E-state index is 12.8. The number of ether oxygens (including phenoxy) is 1. The number of rotatable bonds is 6. The first-order valence-electron chi connectivity index (χ1n) is 11.4. The summed E-state index contributed by atoms with van der Waals surface area (Å²) in [6.45, 7) is 8.90. The fraction of sp³-hybridized carbons (Fsp3) is 0.346. The summed E-state index contributed by atoms with van der Waals surface area (Å²) in [6.07, 6.45) is 0. The molecule has 4 rings (SSSR count). The van der Waals surface area contributed by atoms with E-state index < -0.39 is 0 Å². The van der Waals surface area contributed by atoms with Crippen molar-refractivity contribution in [1.29, 1.82) is 0 Å². The number of halogens is 2. The van der Waals surface area contributed by atoms with Crippen LogP contribution in [0.25, 0.3) is 11.3 Å². The van der Waals surface area contributed by atoms with Crippen molar-refractivity contribution < 1.29 is 9.53 Å². The van der Waals surface area contributed by atoms with Crippen LogP contribution in [-0.2, 0) is 4.79 Å². The Balaban J connectivity index is 1.33. The molecule has 178 valence electrons. The fourth-order valence-corrected chi connectivity index (χ4v) is 4.50. The third-order valence-corrected chi connectivity index (χ3v) is 6.50. The smallest absolute Gasteiger partial charge is 0.260 e. The molecular formula is C26H28Cl2N4O2. The summed E-state index contributed by atoms with van der Waals surface area (Å²) in [5.41, 5.74) is 3.71. The van der Waals surface area contributed by atoms with Gasteiger partial charge in [-0.25, -0.2) is 0 Å². The fourth-order valence-electron chi connectivity index (χ4n) is 3.99. The molecule has 2 aromatic carbocycles. The lowest BCUT2D eigenvalue weighted by molar-refractivity contribution is -0.133. The van der Waals surface area contributed by atoms with E-state index in [4.69, 9.17) is 27.9 Å². The van der Waals surface area contributed by atoms with E-state index in [-0.39, 0.29) is 12.5 Å². The zero-order chi connectivity index (χ0) is 24.2. The molecule has 0 radical (unpaired) electrons. The van der Waals surface area contributed by atoms with Gasteiger partial charge >= 0.3 is 0 Å². The molecule has 34 heavy (non-hydrogen) atoms. The van der Waals surface area contributed by atoms with Crippen LogP contribution >= 0.6 is 23.2 Å². The molecule has 1 saturated heterocycles. The van der Waals surface area contributed by atoms with Crippen LogP contribution in [0.5, 0.6) is 5.75 Å². The summed E-state index contributed by atoms with van der Waals surface area (Å²) in [6, 6.07) is 15.3. The van der Waals surface area contributed by atoms with Gasteiger partial charge in [0.25, 0.3) is 5.91 Å². The Hall–Kier alpha value is -2.83. The van der Waals surface area contributed by atoms with E-state index >= 15 is 0 Å². The summed E-state index contributed by atoms with van der Waals surface area (Å²) in [4.78, 5) is 16.7. The Morgan fingerprint density at radius 2 is 1.76 bits per heavy atom. The molecule has 2 heterocycles. The number of aryl methyl sites for hydroxylation is 1. The highest BCUT2D eigenvalue weighted by atomic mass is 35.5. The van der Waals surface area contributed by atoms with Crippen LogP contribution in [0.15, 0.2) is 48.5 Å². The molecular weight excluding hydrogens is 471 g/mol. The highest BCUT2D eigenvalue weighted by molar-refractivity contribution is 6.36. The van der Waals surface area contributed by atoms with E-state index in [9.17, 15) is 4.79 Å². The summed E-state index contributed by atoms with van der Waals surface area (Å²) in [5, 5.41) is 9.84. The second-order valence-corrected chi connectivity index (χ2v) is 9.60. The first kappa shape index (κ1) is 24.3. The third kappa shape index (κ3) is 5.62. The number of aromatic nitrogens is 2. The summed E-state index contributed by atoms with van der Waals surface area (Å²) in [7, 11) is 0. The molecule has 3 aromatic rings. The standard InChI is InChI=1S/C26H28Cl2N4O2/c1-17(2)20-6-4-18(3)14-24(20)34-16-26(33)32-12-10-31(11-13-32)25-9-8-23(29-30-25)21-7-5-19(27)15-22(21)28/h4-9,14-15,17H,10-13,16H2,1-3H3. The molecule has 6 nitrogen and oxygen atoms in total. The Labute approximate surface area is 210 Å². The second kappa shape index (κ2) is 10.6. The number of amides is 1. The van der Waals surface area contributed by atoms with Gasteiger partial charge in [0, 0.05) is 36.8 Å². The van der Waals surface area contributed by atoms with Gasteiger partial charge in [-0.15, -0.1) is 10.2 Å². The molecule has 1 fully saturated rings. The first-order chi connectivity index (χ1) is 16.3. The van der Waals surface area contributed by atoms with E-state index in [1.165, 1.54) is 0 Å². The molecule has 1 aromatic heterocycles. The lowest BCUT2D eigenvalue weighted by atomic mass is 10.0. The Kier molecular flexibility index (Phi) is 7.59. The van der Waals surface area contributed by atoms with Gasteiger partial charge < -0.3 is 14.5 Å². The second-order valence-electron chi connectivity index (χ2n) is 8.75. The van der Waals surface area contributed by atoms with Gasteiger partial charge in [0.05, 0.1) is 10.7 Å². The van der Waals surface area contributed by atoms with Crippen LogP contribution in [0.2, 0.25) is 10.0 Å². The van der Waals surface area contributed by atoms with Crippen LogP contribution < -0.4 is 9.64 Å². The van der Waals surface area contributed by atoms with Gasteiger partial charge in [-0.05, 0) is 60.4 Å². The van der Waals surface area contributed by atoms with Gasteiger partial charge in [-0.2, -0.15) is 0 Å². The van der Waals surface area contributed by atoms with E-state index in [0.29, 0.717) is 47.8 Å². The average Bonchev–Trinajstić information content (AvgIpc) is 2.83. The molecule has 0 atom stereocenters. The van der Waals surface area contributed by atoms with Crippen molar-refractivity contribution in [2.24, 2.45) is 0 Å². The number of benzene rings is 2. The van der Waals surface area contributed by atoms with Crippen molar-refractivity contribution in [3.8, 4) is 17.0 Å². The van der Waals surface area contributed by atoms with E-state index in [0.717, 1.165) is 28.3 Å². The minimum absolute atomic E-state index is 0.00493. The van der Waals surface area contributed by atoms with Crippen molar-refractivity contribution in [2.45, 2.75) is 26.7 Å². The third-order valence-electron chi connectivity index (χ3n) is 5.96. The van der Waals surface area contributed by atoms with E-state index in [2.05, 4.69) is 41.1 Å². The van der Waals surface area contributed by atoms with E-state index in [1.807, 2.05) is 36.1 Å². The minimum Gasteiger partial charge on any atom is -0.483 e. The van der Waals surface area contributed by atoms with Crippen molar-refractivity contribution in [3.63, 3.8) is 0 Å². The number of carbonyl (C=O) groups is 1. The Morgan fingerprint density at radius 1 is 1.00 bits per heavy atom. The van der Waals surface area contributed by atoms with Crippen molar-refractivity contribution in [1.82, 2.24) is 15.1 Å². The SMILES string of the molecule is Cc1ccc(C(C)C)c(OCC(=O)N2CCN(c3ccc(-c4ccc(Cl)cc4Cl)nn3)CC2)c1. The normalized spacial score (nSPS) is 13.9. The average molecular weight is 499 g/mol. The monoisotopic (exact) mass is 498 g/mol. The summed E-state index contributed by atoms with van der Waals surface area (Å²) >= 11 is 12.3. The highest BCUT2D eigenvalue weighted by Crippen LogP contribution is 2.30. The molecule has 0 bridgehead atoms. The number of nitrogens with zero attached hydrogens (tertiary/aromatic N) is 4. The number of anilines is 1. The molecule has 1 aliphatic rings. The van der Waals surface area contributed by atoms with Gasteiger partial charge in [0.2, 0.25) is 0 Å². The summed E-state index contributed by atoms with van der Waals surface area (Å²) < 4.78 is 5.93. The molecule has 0 unspecified atom stereocenters. The molecule has 0 spiro atoms. The van der Waals surface area contributed by atoms with Gasteiger partial charge in [-0.3, -0.25) is 4.79 Å². The maximum absolute atomic E-state index is 12.8. The maximum Gasteiger partial charge on any atom is 0.260 e. The Bertz CT molecular complexity index is 1160. The van der Waals surface area contributed by atoms with Crippen molar-refractivity contribution in [3.05, 3.63) is 69.7 Å². The molecule has 1 aliphatic heterocycles. The van der Waals surface area contributed by atoms with Gasteiger partial charge in [0.1, 0.15) is 5.75 Å². The lowest BCUT2D eigenvalue weighted by Crippen LogP contribution is -2.50. The minimum atomic E-state index is -0.00493. The van der Waals surface area contributed by atoms with Crippen LogP contribution in [-0.4, -0.2) is 53.8 Å². The predicted molar refractivity (Wildman–Crippen MR) is 137 cm³/mol. The molecule has 0 N–H and O–H groups in total. The molecule has 1 amide bonds. The van der Waals surface area contributed by atoms with Crippen molar-refractivity contribution >= 4 is 34.9 Å². The number of piperazine rings is 1. The molecule has 0 aliphatic carbocycles. The zero-order valence-corrected chi connectivity index (χ0v) is 21.1. The van der Waals surface area contributed by atoms with Gasteiger partial charge in [-0.1, -0.05) is 49.2 Å².